The number of aromatic nitrogens is 1. The predicted molar refractivity (Wildman–Crippen MR) is 113 cm³/mol. The summed E-state index contributed by atoms with van der Waals surface area (Å²) < 4.78 is 10.1. The lowest BCUT2D eigenvalue weighted by Crippen LogP contribution is -2.32. The Labute approximate surface area is 174 Å². The number of ether oxygens (including phenoxy) is 2. The Morgan fingerprint density at radius 3 is 2.69 bits per heavy atom. The van der Waals surface area contributed by atoms with E-state index in [4.69, 9.17) is 9.47 Å². The topological polar surface area (TPSA) is 68.7 Å². The minimum Gasteiger partial charge on any atom is -0.464 e. The lowest BCUT2D eigenvalue weighted by Gasteiger charge is -2.22. The normalized spacial score (nSPS) is 10.8. The van der Waals surface area contributed by atoms with E-state index in [0.717, 1.165) is 17.2 Å². The highest BCUT2D eigenvalue weighted by molar-refractivity contribution is 7.09. The monoisotopic (exact) mass is 412 g/mol. The summed E-state index contributed by atoms with van der Waals surface area (Å²) in [6.07, 6.45) is 0.725. The molecule has 0 aliphatic rings. The maximum atomic E-state index is 13.2. The Kier molecular flexibility index (Phi) is 7.32. The summed E-state index contributed by atoms with van der Waals surface area (Å²) in [4.78, 5) is 30.9. The van der Waals surface area contributed by atoms with Crippen molar-refractivity contribution >= 4 is 34.0 Å². The molecule has 0 radical (unpaired) electrons. The molecule has 2 aromatic carbocycles. The van der Waals surface area contributed by atoms with Gasteiger partial charge in [0.2, 0.25) is 0 Å². The molecule has 0 unspecified atom stereocenters. The minimum atomic E-state index is -0.476. The molecule has 0 atom stereocenters. The summed E-state index contributed by atoms with van der Waals surface area (Å²) in [6.45, 7) is 4.05. The summed E-state index contributed by atoms with van der Waals surface area (Å²) in [6, 6.07) is 13.7. The number of methoxy groups -OCH3 is 1. The number of hydrogen-bond acceptors (Lipinski definition) is 6. The van der Waals surface area contributed by atoms with Crippen LogP contribution in [0, 0.1) is 0 Å². The molecule has 0 aliphatic carbocycles. The van der Waals surface area contributed by atoms with Gasteiger partial charge in [-0.1, -0.05) is 30.3 Å². The van der Waals surface area contributed by atoms with Crippen LogP contribution in [0.4, 0.5) is 0 Å². The fourth-order valence-corrected chi connectivity index (χ4v) is 3.78. The molecule has 6 nitrogen and oxygen atoms in total. The van der Waals surface area contributed by atoms with Crippen molar-refractivity contribution in [3.8, 4) is 0 Å². The predicted octanol–water partition coefficient (Wildman–Crippen LogP) is 4.15. The molecular formula is C22H24N2O4S. The van der Waals surface area contributed by atoms with Crippen molar-refractivity contribution in [2.45, 2.75) is 19.9 Å². The van der Waals surface area contributed by atoms with Crippen molar-refractivity contribution < 1.29 is 19.1 Å². The van der Waals surface area contributed by atoms with Gasteiger partial charge in [-0.25, -0.2) is 9.78 Å². The van der Waals surface area contributed by atoms with E-state index in [2.05, 4.69) is 4.98 Å². The average Bonchev–Trinajstić information content (AvgIpc) is 3.23. The van der Waals surface area contributed by atoms with Crippen LogP contribution in [-0.4, -0.2) is 48.6 Å². The van der Waals surface area contributed by atoms with E-state index in [9.17, 15) is 9.59 Å². The summed E-state index contributed by atoms with van der Waals surface area (Å²) in [5, 5.41) is 4.46. The number of amides is 1. The first-order valence-corrected chi connectivity index (χ1v) is 10.4. The van der Waals surface area contributed by atoms with Gasteiger partial charge in [0.25, 0.3) is 5.91 Å². The molecule has 29 heavy (non-hydrogen) atoms. The van der Waals surface area contributed by atoms with E-state index in [1.807, 2.05) is 49.4 Å². The molecule has 3 rings (SSSR count). The smallest absolute Gasteiger partial charge is 0.357 e. The van der Waals surface area contributed by atoms with Gasteiger partial charge in [-0.15, -0.1) is 11.3 Å². The van der Waals surface area contributed by atoms with Gasteiger partial charge in [0.1, 0.15) is 5.01 Å². The summed E-state index contributed by atoms with van der Waals surface area (Å²) >= 11 is 1.34. The number of benzene rings is 2. The summed E-state index contributed by atoms with van der Waals surface area (Å²) in [5.41, 5.74) is 0.893. The van der Waals surface area contributed by atoms with E-state index in [0.29, 0.717) is 36.9 Å². The Morgan fingerprint density at radius 2 is 1.93 bits per heavy atom. The van der Waals surface area contributed by atoms with Crippen LogP contribution in [-0.2, 0) is 16.0 Å². The number of nitrogens with zero attached hydrogens (tertiary/aromatic N) is 2. The Hall–Kier alpha value is -2.77. The molecule has 0 N–H and O–H groups in total. The van der Waals surface area contributed by atoms with Crippen molar-refractivity contribution in [2.24, 2.45) is 0 Å². The Balaban J connectivity index is 1.79. The quantitative estimate of drug-likeness (QED) is 0.390. The molecule has 7 heteroatoms. The van der Waals surface area contributed by atoms with Gasteiger partial charge >= 0.3 is 5.97 Å². The number of thiazole rings is 1. The van der Waals surface area contributed by atoms with E-state index in [1.54, 1.807) is 10.3 Å². The Morgan fingerprint density at radius 1 is 1.14 bits per heavy atom. The van der Waals surface area contributed by atoms with Crippen LogP contribution in [0.25, 0.3) is 10.8 Å². The maximum Gasteiger partial charge on any atom is 0.357 e. The summed E-state index contributed by atoms with van der Waals surface area (Å²) in [7, 11) is 1.32. The van der Waals surface area contributed by atoms with Crippen LogP contribution in [0.2, 0.25) is 0 Å². The standard InChI is InChI=1S/C22H24N2O4S/c1-3-28-12-6-11-24(14-20-23-19(15-29-20)22(26)27-2)21(25)18-10-9-16-7-4-5-8-17(16)13-18/h4-5,7-10,13,15H,3,6,11-12,14H2,1-2H3. The van der Waals surface area contributed by atoms with Crippen LogP contribution in [0.15, 0.2) is 47.8 Å². The number of esters is 1. The highest BCUT2D eigenvalue weighted by Crippen LogP contribution is 2.19. The van der Waals surface area contributed by atoms with E-state index < -0.39 is 5.97 Å². The van der Waals surface area contributed by atoms with Crippen LogP contribution in [0.5, 0.6) is 0 Å². The van der Waals surface area contributed by atoms with Gasteiger partial charge in [0.15, 0.2) is 5.69 Å². The molecule has 0 bridgehead atoms. The molecular weight excluding hydrogens is 388 g/mol. The summed E-state index contributed by atoms with van der Waals surface area (Å²) in [5.74, 6) is -0.543. The number of hydrogen-bond donors (Lipinski definition) is 0. The van der Waals surface area contributed by atoms with Crippen molar-refractivity contribution in [3.63, 3.8) is 0 Å². The first-order chi connectivity index (χ1) is 14.1. The van der Waals surface area contributed by atoms with Crippen LogP contribution in [0.3, 0.4) is 0 Å². The molecule has 1 amide bonds. The third kappa shape index (κ3) is 5.40. The molecule has 0 spiro atoms. The molecule has 1 aromatic heterocycles. The van der Waals surface area contributed by atoms with Crippen molar-refractivity contribution in [1.29, 1.82) is 0 Å². The third-order valence-electron chi connectivity index (χ3n) is 4.48. The average molecular weight is 413 g/mol. The zero-order chi connectivity index (χ0) is 20.6. The zero-order valence-corrected chi connectivity index (χ0v) is 17.4. The Bertz CT molecular complexity index is 986. The first kappa shape index (κ1) is 21.0. The second kappa shape index (κ2) is 10.1. The molecule has 3 aromatic rings. The third-order valence-corrected chi connectivity index (χ3v) is 5.31. The van der Waals surface area contributed by atoms with Crippen LogP contribution in [0.1, 0.15) is 39.2 Å². The largest absolute Gasteiger partial charge is 0.464 e. The van der Waals surface area contributed by atoms with Crippen molar-refractivity contribution in [1.82, 2.24) is 9.88 Å². The van der Waals surface area contributed by atoms with Gasteiger partial charge in [0.05, 0.1) is 13.7 Å². The van der Waals surface area contributed by atoms with E-state index in [1.165, 1.54) is 18.4 Å². The van der Waals surface area contributed by atoms with Gasteiger partial charge in [-0.05, 0) is 36.2 Å². The van der Waals surface area contributed by atoms with Gasteiger partial charge < -0.3 is 14.4 Å². The molecule has 0 fully saturated rings. The van der Waals surface area contributed by atoms with Crippen LogP contribution < -0.4 is 0 Å². The number of rotatable bonds is 9. The second-order valence-corrected chi connectivity index (χ2v) is 7.40. The SMILES string of the molecule is CCOCCCN(Cc1nc(C(=O)OC)cs1)C(=O)c1ccc2ccccc2c1. The maximum absolute atomic E-state index is 13.2. The van der Waals surface area contributed by atoms with Gasteiger partial charge in [-0.3, -0.25) is 4.79 Å². The number of carbonyl (C=O) groups excluding carboxylic acids is 2. The lowest BCUT2D eigenvalue weighted by atomic mass is 10.1. The van der Waals surface area contributed by atoms with Crippen molar-refractivity contribution in [3.05, 3.63) is 64.1 Å². The van der Waals surface area contributed by atoms with E-state index in [-0.39, 0.29) is 11.6 Å². The fraction of sp³-hybridized carbons (Fsp3) is 0.318. The molecule has 1 heterocycles. The zero-order valence-electron chi connectivity index (χ0n) is 16.6. The molecule has 0 aliphatic heterocycles. The van der Waals surface area contributed by atoms with Gasteiger partial charge in [-0.2, -0.15) is 0 Å². The van der Waals surface area contributed by atoms with E-state index >= 15 is 0 Å². The minimum absolute atomic E-state index is 0.0675. The molecule has 0 saturated heterocycles. The number of carbonyl (C=O) groups is 2. The lowest BCUT2D eigenvalue weighted by molar-refractivity contribution is 0.0594. The highest BCUT2D eigenvalue weighted by atomic mass is 32.1. The first-order valence-electron chi connectivity index (χ1n) is 9.51. The van der Waals surface area contributed by atoms with Gasteiger partial charge in [0, 0.05) is 30.7 Å². The second-order valence-electron chi connectivity index (χ2n) is 6.46. The highest BCUT2D eigenvalue weighted by Gasteiger charge is 2.19. The van der Waals surface area contributed by atoms with Crippen LogP contribution >= 0.6 is 11.3 Å². The van der Waals surface area contributed by atoms with Crippen molar-refractivity contribution in [2.75, 3.05) is 26.9 Å². The molecule has 152 valence electrons. The fourth-order valence-electron chi connectivity index (χ4n) is 3.00. The molecule has 0 saturated carbocycles. The number of fused-ring (bicyclic) bond motifs is 1.